The summed E-state index contributed by atoms with van der Waals surface area (Å²) in [5.41, 5.74) is 1.27. The molecule has 3 heterocycles. The lowest BCUT2D eigenvalue weighted by atomic mass is 10.1. The lowest BCUT2D eigenvalue weighted by Gasteiger charge is -2.12. The van der Waals surface area contributed by atoms with Crippen molar-refractivity contribution in [3.05, 3.63) is 65.8 Å². The third-order valence-electron chi connectivity index (χ3n) is 3.85. The van der Waals surface area contributed by atoms with Crippen molar-refractivity contribution in [2.45, 2.75) is 0 Å². The number of methoxy groups -OCH3 is 1. The first-order chi connectivity index (χ1) is 13.7. The average Bonchev–Trinajstić information content (AvgIpc) is 3.42. The maximum absolute atomic E-state index is 12.7. The Morgan fingerprint density at radius 3 is 2.79 bits per heavy atom. The number of pyridine rings is 1. The third kappa shape index (κ3) is 3.40. The summed E-state index contributed by atoms with van der Waals surface area (Å²) in [5.74, 6) is 0.568. The molecule has 0 aliphatic rings. The summed E-state index contributed by atoms with van der Waals surface area (Å²) in [5, 5.41) is 18.1. The highest BCUT2D eigenvalue weighted by Crippen LogP contribution is 2.30. The van der Waals surface area contributed by atoms with Crippen LogP contribution in [0.1, 0.15) is 10.4 Å². The molecular weight excluding hydrogens is 384 g/mol. The van der Waals surface area contributed by atoms with Crippen LogP contribution in [0.3, 0.4) is 0 Å². The molecule has 3 aromatic heterocycles. The van der Waals surface area contributed by atoms with Gasteiger partial charge in [-0.3, -0.25) is 4.79 Å². The molecule has 1 amide bonds. The molecule has 0 saturated carbocycles. The summed E-state index contributed by atoms with van der Waals surface area (Å²) in [7, 11) is 1.46. The first-order valence-electron chi connectivity index (χ1n) is 8.04. The first-order valence-corrected chi connectivity index (χ1v) is 8.42. The van der Waals surface area contributed by atoms with Gasteiger partial charge in [-0.05, 0) is 34.7 Å². The number of hydrogen-bond acceptors (Lipinski definition) is 7. The number of aromatic nitrogens is 7. The van der Waals surface area contributed by atoms with Crippen LogP contribution in [-0.2, 0) is 0 Å². The van der Waals surface area contributed by atoms with Crippen LogP contribution in [0, 0.1) is 0 Å². The number of nitrogens with one attached hydrogen (secondary N) is 1. The average molecular weight is 397 g/mol. The molecule has 140 valence electrons. The first kappa shape index (κ1) is 17.6. The number of anilines is 1. The lowest BCUT2D eigenvalue weighted by Crippen LogP contribution is -2.14. The second kappa shape index (κ2) is 7.45. The maximum atomic E-state index is 12.7. The fourth-order valence-electron chi connectivity index (χ4n) is 2.53. The summed E-state index contributed by atoms with van der Waals surface area (Å²) in [6, 6.07) is 8.36. The van der Waals surface area contributed by atoms with Crippen LogP contribution < -0.4 is 10.1 Å². The van der Waals surface area contributed by atoms with E-state index in [-0.39, 0.29) is 5.56 Å². The Morgan fingerprint density at radius 2 is 2.14 bits per heavy atom. The third-order valence-corrected chi connectivity index (χ3v) is 4.16. The van der Waals surface area contributed by atoms with Crippen LogP contribution in [0.5, 0.6) is 5.75 Å². The standard InChI is InChI=1S/C17H13ClN8O2/c1-28-15-8-14(26-10-20-23-24-26)13(18)7-12(15)17(27)22-11-3-4-16(19-9-11)25-6-2-5-21-25/h2-10H,1H3,(H,22,27). The fourth-order valence-corrected chi connectivity index (χ4v) is 2.78. The largest absolute Gasteiger partial charge is 0.496 e. The van der Waals surface area contributed by atoms with Crippen molar-refractivity contribution in [3.63, 3.8) is 0 Å². The molecule has 4 aromatic rings. The minimum absolute atomic E-state index is 0.264. The van der Waals surface area contributed by atoms with Gasteiger partial charge in [0.2, 0.25) is 0 Å². The number of carbonyl (C=O) groups excluding carboxylic acids is 1. The van der Waals surface area contributed by atoms with Gasteiger partial charge in [-0.2, -0.15) is 9.78 Å². The Kier molecular flexibility index (Phi) is 4.68. The summed E-state index contributed by atoms with van der Waals surface area (Å²) in [4.78, 5) is 17.0. The molecule has 0 bridgehead atoms. The number of amides is 1. The van der Waals surface area contributed by atoms with Gasteiger partial charge in [-0.25, -0.2) is 9.67 Å². The van der Waals surface area contributed by atoms with Crippen molar-refractivity contribution >= 4 is 23.2 Å². The molecule has 0 saturated heterocycles. The second-order valence-electron chi connectivity index (χ2n) is 5.57. The van der Waals surface area contributed by atoms with E-state index in [4.69, 9.17) is 16.3 Å². The summed E-state index contributed by atoms with van der Waals surface area (Å²) >= 11 is 6.30. The molecule has 1 aromatic carbocycles. The summed E-state index contributed by atoms with van der Waals surface area (Å²) in [6.07, 6.45) is 6.37. The van der Waals surface area contributed by atoms with Crippen molar-refractivity contribution in [2.24, 2.45) is 0 Å². The van der Waals surface area contributed by atoms with Gasteiger partial charge in [0.25, 0.3) is 5.91 Å². The zero-order valence-corrected chi connectivity index (χ0v) is 15.3. The molecule has 0 spiro atoms. The molecule has 10 nitrogen and oxygen atoms in total. The number of carbonyl (C=O) groups is 1. The molecule has 1 N–H and O–H groups in total. The minimum Gasteiger partial charge on any atom is -0.496 e. The van der Waals surface area contributed by atoms with Crippen LogP contribution in [0.4, 0.5) is 5.69 Å². The number of halogens is 1. The van der Waals surface area contributed by atoms with Gasteiger partial charge < -0.3 is 10.1 Å². The topological polar surface area (TPSA) is 113 Å². The smallest absolute Gasteiger partial charge is 0.259 e. The Morgan fingerprint density at radius 1 is 1.25 bits per heavy atom. The van der Waals surface area contributed by atoms with Crippen molar-refractivity contribution in [3.8, 4) is 17.3 Å². The number of hydrogen-bond donors (Lipinski definition) is 1. The maximum Gasteiger partial charge on any atom is 0.259 e. The molecule has 0 aliphatic heterocycles. The molecule has 28 heavy (non-hydrogen) atoms. The predicted octanol–water partition coefficient (Wildman–Crippen LogP) is 2.16. The second-order valence-corrected chi connectivity index (χ2v) is 5.98. The van der Waals surface area contributed by atoms with Crippen molar-refractivity contribution in [1.82, 2.24) is 35.0 Å². The van der Waals surface area contributed by atoms with Crippen LogP contribution in [0.15, 0.2) is 55.2 Å². The molecule has 4 rings (SSSR count). The van der Waals surface area contributed by atoms with E-state index < -0.39 is 5.91 Å². The Labute approximate surface area is 163 Å². The van der Waals surface area contributed by atoms with E-state index in [1.165, 1.54) is 24.2 Å². The van der Waals surface area contributed by atoms with Crippen LogP contribution in [0.25, 0.3) is 11.5 Å². The van der Waals surface area contributed by atoms with E-state index in [0.29, 0.717) is 28.0 Å². The lowest BCUT2D eigenvalue weighted by molar-refractivity contribution is 0.102. The minimum atomic E-state index is -0.393. The highest BCUT2D eigenvalue weighted by molar-refractivity contribution is 6.33. The number of tetrazole rings is 1. The van der Waals surface area contributed by atoms with Gasteiger partial charge in [-0.1, -0.05) is 11.6 Å². The highest BCUT2D eigenvalue weighted by Gasteiger charge is 2.18. The zero-order chi connectivity index (χ0) is 19.5. The number of ether oxygens (including phenoxy) is 1. The van der Waals surface area contributed by atoms with E-state index >= 15 is 0 Å². The SMILES string of the molecule is COc1cc(-n2cnnn2)c(Cl)cc1C(=O)Nc1ccc(-n2cccn2)nc1. The van der Waals surface area contributed by atoms with E-state index in [0.717, 1.165) is 0 Å². The van der Waals surface area contributed by atoms with Crippen molar-refractivity contribution < 1.29 is 9.53 Å². The molecule has 0 atom stereocenters. The summed E-state index contributed by atoms with van der Waals surface area (Å²) < 4.78 is 8.33. The summed E-state index contributed by atoms with van der Waals surface area (Å²) in [6.45, 7) is 0. The Hall–Kier alpha value is -3.79. The van der Waals surface area contributed by atoms with E-state index in [1.807, 2.05) is 0 Å². The number of nitrogens with zero attached hydrogens (tertiary/aromatic N) is 7. The molecule has 0 aliphatic carbocycles. The van der Waals surface area contributed by atoms with Gasteiger partial charge >= 0.3 is 0 Å². The molecular formula is C17H13ClN8O2. The van der Waals surface area contributed by atoms with Crippen molar-refractivity contribution in [1.29, 1.82) is 0 Å². The monoisotopic (exact) mass is 396 g/mol. The molecule has 0 radical (unpaired) electrons. The van der Waals surface area contributed by atoms with Gasteiger partial charge in [0.05, 0.1) is 35.3 Å². The predicted molar refractivity (Wildman–Crippen MR) is 100 cm³/mol. The Balaban J connectivity index is 1.58. The van der Waals surface area contributed by atoms with E-state index in [1.54, 1.807) is 47.5 Å². The Bertz CT molecular complexity index is 1100. The molecule has 0 fully saturated rings. The normalized spacial score (nSPS) is 10.6. The molecule has 11 heteroatoms. The van der Waals surface area contributed by atoms with Gasteiger partial charge in [0, 0.05) is 18.5 Å². The van der Waals surface area contributed by atoms with E-state index in [2.05, 4.69) is 30.9 Å². The van der Waals surface area contributed by atoms with E-state index in [9.17, 15) is 4.79 Å². The highest BCUT2D eigenvalue weighted by atomic mass is 35.5. The van der Waals surface area contributed by atoms with Gasteiger partial charge in [0.15, 0.2) is 5.82 Å². The number of benzene rings is 1. The quantitative estimate of drug-likeness (QED) is 0.550. The van der Waals surface area contributed by atoms with Gasteiger partial charge in [0.1, 0.15) is 12.1 Å². The van der Waals surface area contributed by atoms with Crippen LogP contribution >= 0.6 is 11.6 Å². The fraction of sp³-hybridized carbons (Fsp3) is 0.0588. The van der Waals surface area contributed by atoms with Gasteiger partial charge in [-0.15, -0.1) is 5.10 Å². The van der Waals surface area contributed by atoms with Crippen LogP contribution in [0.2, 0.25) is 5.02 Å². The van der Waals surface area contributed by atoms with Crippen LogP contribution in [-0.4, -0.2) is 48.0 Å². The van der Waals surface area contributed by atoms with Crippen molar-refractivity contribution in [2.75, 3.05) is 12.4 Å². The molecule has 0 unspecified atom stereocenters. The number of rotatable bonds is 5. The zero-order valence-electron chi connectivity index (χ0n) is 14.5.